The maximum atomic E-state index is 3.81. The maximum absolute atomic E-state index is 3.81. The molecule has 11 heavy (non-hydrogen) atoms. The Labute approximate surface area is 69.5 Å². The van der Waals surface area contributed by atoms with Gasteiger partial charge in [-0.05, 0) is 12.3 Å². The minimum absolute atomic E-state index is 0.664. The van der Waals surface area contributed by atoms with Gasteiger partial charge in [0.15, 0.2) is 0 Å². The van der Waals surface area contributed by atoms with Gasteiger partial charge in [-0.2, -0.15) is 0 Å². The van der Waals surface area contributed by atoms with E-state index in [0.29, 0.717) is 6.04 Å². The van der Waals surface area contributed by atoms with Crippen LogP contribution in [0.2, 0.25) is 0 Å². The van der Waals surface area contributed by atoms with E-state index in [9.17, 15) is 0 Å². The summed E-state index contributed by atoms with van der Waals surface area (Å²) < 4.78 is 0. The van der Waals surface area contributed by atoms with Crippen molar-refractivity contribution in [2.75, 3.05) is 13.6 Å². The number of nitrogens with zero attached hydrogens (tertiary/aromatic N) is 2. The molecule has 0 spiro atoms. The van der Waals surface area contributed by atoms with E-state index in [1.54, 1.807) is 0 Å². The van der Waals surface area contributed by atoms with Gasteiger partial charge >= 0.3 is 0 Å². The van der Waals surface area contributed by atoms with Crippen LogP contribution in [0.25, 0.3) is 0 Å². The van der Waals surface area contributed by atoms with Gasteiger partial charge in [0, 0.05) is 25.8 Å². The van der Waals surface area contributed by atoms with E-state index in [-0.39, 0.29) is 0 Å². The Hall–Kier alpha value is -0.500. The highest BCUT2D eigenvalue weighted by molar-refractivity contribution is 4.85. The first kappa shape index (κ1) is 8.60. The predicted molar refractivity (Wildman–Crippen MR) is 47.9 cm³/mol. The Morgan fingerprint density at radius 3 is 2.55 bits per heavy atom. The SMILES string of the molecule is C=CN1C(C(C)C)CCN1C. The smallest absolute Gasteiger partial charge is 0.0486 e. The zero-order valence-electron chi connectivity index (χ0n) is 7.75. The molecule has 0 amide bonds. The third-order valence-electron chi connectivity index (χ3n) is 2.44. The highest BCUT2D eigenvalue weighted by atomic mass is 15.6. The quantitative estimate of drug-likeness (QED) is 0.597. The minimum atomic E-state index is 0.664. The molecule has 1 saturated heterocycles. The van der Waals surface area contributed by atoms with Crippen molar-refractivity contribution in [1.82, 2.24) is 10.0 Å². The van der Waals surface area contributed by atoms with Crippen LogP contribution >= 0.6 is 0 Å². The highest BCUT2D eigenvalue weighted by Gasteiger charge is 2.28. The van der Waals surface area contributed by atoms with Crippen molar-refractivity contribution < 1.29 is 0 Å². The fraction of sp³-hybridized carbons (Fsp3) is 0.778. The summed E-state index contributed by atoms with van der Waals surface area (Å²) in [7, 11) is 2.12. The van der Waals surface area contributed by atoms with E-state index < -0.39 is 0 Å². The van der Waals surface area contributed by atoms with Gasteiger partial charge in [-0.25, -0.2) is 5.01 Å². The van der Waals surface area contributed by atoms with Crippen molar-refractivity contribution >= 4 is 0 Å². The Bertz CT molecular complexity index is 142. The van der Waals surface area contributed by atoms with Gasteiger partial charge in [-0.3, -0.25) is 0 Å². The first-order valence-corrected chi connectivity index (χ1v) is 4.28. The van der Waals surface area contributed by atoms with E-state index in [1.165, 1.54) is 6.42 Å². The summed E-state index contributed by atoms with van der Waals surface area (Å²) in [6, 6.07) is 0.664. The lowest BCUT2D eigenvalue weighted by Gasteiger charge is -2.30. The molecule has 0 N–H and O–H groups in total. The van der Waals surface area contributed by atoms with Crippen LogP contribution in [0.5, 0.6) is 0 Å². The van der Waals surface area contributed by atoms with Crippen LogP contribution in [0.4, 0.5) is 0 Å². The molecule has 1 heterocycles. The van der Waals surface area contributed by atoms with E-state index in [1.807, 2.05) is 6.20 Å². The molecule has 2 nitrogen and oxygen atoms in total. The summed E-state index contributed by atoms with van der Waals surface area (Å²) in [4.78, 5) is 0. The number of hydrazine groups is 1. The van der Waals surface area contributed by atoms with Gasteiger partial charge < -0.3 is 5.01 Å². The van der Waals surface area contributed by atoms with Crippen LogP contribution in [-0.2, 0) is 0 Å². The van der Waals surface area contributed by atoms with Crippen molar-refractivity contribution in [2.45, 2.75) is 26.3 Å². The third kappa shape index (κ3) is 1.56. The lowest BCUT2D eigenvalue weighted by molar-refractivity contribution is 0.0633. The second kappa shape index (κ2) is 3.26. The second-order valence-electron chi connectivity index (χ2n) is 3.54. The number of hydrogen-bond donors (Lipinski definition) is 0. The van der Waals surface area contributed by atoms with Gasteiger partial charge in [0.1, 0.15) is 0 Å². The normalized spacial score (nSPS) is 26.5. The first-order chi connectivity index (χ1) is 5.16. The molecule has 0 aromatic carbocycles. The molecule has 1 aliphatic rings. The van der Waals surface area contributed by atoms with Gasteiger partial charge in [0.05, 0.1) is 0 Å². The van der Waals surface area contributed by atoms with Crippen molar-refractivity contribution in [3.05, 3.63) is 12.8 Å². The summed E-state index contributed by atoms with van der Waals surface area (Å²) in [6.07, 6.45) is 3.19. The highest BCUT2D eigenvalue weighted by Crippen LogP contribution is 2.22. The monoisotopic (exact) mass is 154 g/mol. The van der Waals surface area contributed by atoms with Gasteiger partial charge in [0.25, 0.3) is 0 Å². The fourth-order valence-corrected chi connectivity index (χ4v) is 1.73. The summed E-state index contributed by atoms with van der Waals surface area (Å²) in [5, 5.41) is 4.47. The van der Waals surface area contributed by atoms with E-state index in [0.717, 1.165) is 12.5 Å². The van der Waals surface area contributed by atoms with Crippen LogP contribution in [0.1, 0.15) is 20.3 Å². The minimum Gasteiger partial charge on any atom is -0.311 e. The Morgan fingerprint density at radius 2 is 2.18 bits per heavy atom. The molecule has 1 fully saturated rings. The van der Waals surface area contributed by atoms with Crippen LogP contribution < -0.4 is 0 Å². The topological polar surface area (TPSA) is 6.48 Å². The van der Waals surface area contributed by atoms with Crippen molar-refractivity contribution in [2.24, 2.45) is 5.92 Å². The van der Waals surface area contributed by atoms with Crippen molar-refractivity contribution in [1.29, 1.82) is 0 Å². The van der Waals surface area contributed by atoms with E-state index >= 15 is 0 Å². The molecule has 0 saturated carbocycles. The largest absolute Gasteiger partial charge is 0.311 e. The lowest BCUT2D eigenvalue weighted by Crippen LogP contribution is -2.36. The molecule has 1 rings (SSSR count). The molecule has 1 atom stereocenters. The van der Waals surface area contributed by atoms with Gasteiger partial charge in [-0.15, -0.1) is 0 Å². The average Bonchev–Trinajstić information content (AvgIpc) is 2.30. The number of rotatable bonds is 2. The molecular formula is C9H18N2. The summed E-state index contributed by atoms with van der Waals surface area (Å²) in [6.45, 7) is 9.50. The van der Waals surface area contributed by atoms with Crippen LogP contribution in [0.3, 0.4) is 0 Å². The molecule has 0 radical (unpaired) electrons. The Kier molecular flexibility index (Phi) is 2.55. The standard InChI is InChI=1S/C9H18N2/c1-5-11-9(8(2)3)6-7-10(11)4/h5,8-9H,1,6-7H2,2-4H3. The van der Waals surface area contributed by atoms with Crippen LogP contribution in [-0.4, -0.2) is 29.7 Å². The molecule has 0 aromatic heterocycles. The molecule has 2 heteroatoms. The van der Waals surface area contributed by atoms with Crippen molar-refractivity contribution in [3.8, 4) is 0 Å². The molecule has 0 bridgehead atoms. The van der Waals surface area contributed by atoms with E-state index in [2.05, 4.69) is 37.5 Å². The van der Waals surface area contributed by atoms with Crippen molar-refractivity contribution in [3.63, 3.8) is 0 Å². The Morgan fingerprint density at radius 1 is 1.55 bits per heavy atom. The molecule has 64 valence electrons. The molecule has 0 aromatic rings. The predicted octanol–water partition coefficient (Wildman–Crippen LogP) is 1.71. The zero-order chi connectivity index (χ0) is 8.43. The van der Waals surface area contributed by atoms with Crippen LogP contribution in [0.15, 0.2) is 12.8 Å². The Balaban J connectivity index is 2.61. The molecule has 1 unspecified atom stereocenters. The van der Waals surface area contributed by atoms with Gasteiger partial charge in [-0.1, -0.05) is 20.4 Å². The molecular weight excluding hydrogens is 136 g/mol. The number of hydrogen-bond acceptors (Lipinski definition) is 2. The third-order valence-corrected chi connectivity index (χ3v) is 2.44. The average molecular weight is 154 g/mol. The molecule has 1 aliphatic heterocycles. The lowest BCUT2D eigenvalue weighted by atomic mass is 10.0. The zero-order valence-corrected chi connectivity index (χ0v) is 7.75. The summed E-state index contributed by atoms with van der Waals surface area (Å²) in [5.74, 6) is 0.720. The van der Waals surface area contributed by atoms with Crippen LogP contribution in [0, 0.1) is 5.92 Å². The molecule has 0 aliphatic carbocycles. The summed E-state index contributed by atoms with van der Waals surface area (Å²) in [5.41, 5.74) is 0. The maximum Gasteiger partial charge on any atom is 0.0486 e. The fourth-order valence-electron chi connectivity index (χ4n) is 1.73. The second-order valence-corrected chi connectivity index (χ2v) is 3.54. The first-order valence-electron chi connectivity index (χ1n) is 4.28. The summed E-state index contributed by atoms with van der Waals surface area (Å²) >= 11 is 0. The van der Waals surface area contributed by atoms with Gasteiger partial charge in [0.2, 0.25) is 0 Å². The van der Waals surface area contributed by atoms with E-state index in [4.69, 9.17) is 0 Å².